The van der Waals surface area contributed by atoms with Crippen molar-refractivity contribution in [2.75, 3.05) is 7.11 Å². The van der Waals surface area contributed by atoms with E-state index in [0.717, 1.165) is 5.56 Å². The lowest BCUT2D eigenvalue weighted by Crippen LogP contribution is -2.49. The van der Waals surface area contributed by atoms with Crippen molar-refractivity contribution < 1.29 is 14.2 Å². The van der Waals surface area contributed by atoms with Crippen molar-refractivity contribution in [1.29, 1.82) is 0 Å². The Morgan fingerprint density at radius 2 is 2.27 bits per heavy atom. The monoisotopic (exact) mass is 210 g/mol. The lowest BCUT2D eigenvalue weighted by Gasteiger charge is -2.42. The predicted octanol–water partition coefficient (Wildman–Crippen LogP) is 1.91. The highest BCUT2D eigenvalue weighted by atomic mass is 19.1. The molecular weight excluding hydrogens is 195 g/mol. The van der Waals surface area contributed by atoms with Gasteiger partial charge in [-0.05, 0) is 17.7 Å². The Balaban J connectivity index is 1.98. The summed E-state index contributed by atoms with van der Waals surface area (Å²) < 4.78 is 18.0. The van der Waals surface area contributed by atoms with Crippen LogP contribution in [-0.2, 0) is 11.2 Å². The number of halogens is 1. The fourth-order valence-electron chi connectivity index (χ4n) is 2.13. The molecule has 1 aromatic carbocycles. The van der Waals surface area contributed by atoms with Crippen molar-refractivity contribution in [2.45, 2.75) is 31.0 Å². The molecule has 0 saturated heterocycles. The summed E-state index contributed by atoms with van der Waals surface area (Å²) in [5.74, 6) is -0.251. The minimum Gasteiger partial charge on any atom is -0.389 e. The SMILES string of the molecule is COC1CC(O)(Cc2cccc(F)c2)C1. The van der Waals surface area contributed by atoms with Gasteiger partial charge in [0, 0.05) is 26.4 Å². The Bertz CT molecular complexity index is 345. The molecular formula is C12H15FO2. The molecule has 0 aromatic heterocycles. The maximum absolute atomic E-state index is 12.9. The Hall–Kier alpha value is -0.930. The van der Waals surface area contributed by atoms with Gasteiger partial charge in [-0.3, -0.25) is 0 Å². The van der Waals surface area contributed by atoms with E-state index < -0.39 is 5.60 Å². The summed E-state index contributed by atoms with van der Waals surface area (Å²) in [6, 6.07) is 6.38. The van der Waals surface area contributed by atoms with E-state index in [1.807, 2.05) is 6.07 Å². The smallest absolute Gasteiger partial charge is 0.123 e. The van der Waals surface area contributed by atoms with Crippen molar-refractivity contribution in [3.05, 3.63) is 35.6 Å². The van der Waals surface area contributed by atoms with E-state index in [0.29, 0.717) is 19.3 Å². The highest BCUT2D eigenvalue weighted by Gasteiger charge is 2.42. The van der Waals surface area contributed by atoms with Crippen LogP contribution < -0.4 is 0 Å². The molecule has 1 fully saturated rings. The number of benzene rings is 1. The Labute approximate surface area is 88.7 Å². The van der Waals surface area contributed by atoms with Crippen LogP contribution in [0.1, 0.15) is 18.4 Å². The third kappa shape index (κ3) is 2.36. The molecule has 0 bridgehead atoms. The van der Waals surface area contributed by atoms with Crippen LogP contribution in [0.3, 0.4) is 0 Å². The first kappa shape index (κ1) is 10.6. The maximum atomic E-state index is 12.9. The Morgan fingerprint density at radius 1 is 1.53 bits per heavy atom. The summed E-state index contributed by atoms with van der Waals surface area (Å²) in [6.45, 7) is 0. The molecule has 1 aliphatic rings. The quantitative estimate of drug-likeness (QED) is 0.825. The van der Waals surface area contributed by atoms with Gasteiger partial charge in [-0.2, -0.15) is 0 Å². The van der Waals surface area contributed by atoms with Gasteiger partial charge in [-0.25, -0.2) is 4.39 Å². The summed E-state index contributed by atoms with van der Waals surface area (Å²) in [7, 11) is 1.65. The zero-order valence-electron chi connectivity index (χ0n) is 8.74. The van der Waals surface area contributed by atoms with Crippen LogP contribution in [0.2, 0.25) is 0 Å². The first-order valence-electron chi connectivity index (χ1n) is 5.11. The number of aliphatic hydroxyl groups is 1. The van der Waals surface area contributed by atoms with Gasteiger partial charge in [0.1, 0.15) is 5.82 Å². The molecule has 2 rings (SSSR count). The lowest BCUT2D eigenvalue weighted by molar-refractivity contribution is -0.126. The molecule has 82 valence electrons. The molecule has 1 saturated carbocycles. The zero-order chi connectivity index (χ0) is 10.9. The molecule has 0 aliphatic heterocycles. The molecule has 1 aromatic rings. The van der Waals surface area contributed by atoms with E-state index in [2.05, 4.69) is 0 Å². The van der Waals surface area contributed by atoms with Crippen molar-refractivity contribution >= 4 is 0 Å². The summed E-state index contributed by atoms with van der Waals surface area (Å²) in [6.07, 6.45) is 1.94. The van der Waals surface area contributed by atoms with Gasteiger partial charge in [-0.15, -0.1) is 0 Å². The fraction of sp³-hybridized carbons (Fsp3) is 0.500. The topological polar surface area (TPSA) is 29.5 Å². The predicted molar refractivity (Wildman–Crippen MR) is 55.1 cm³/mol. The number of ether oxygens (including phenoxy) is 1. The van der Waals surface area contributed by atoms with E-state index in [9.17, 15) is 9.50 Å². The zero-order valence-corrected chi connectivity index (χ0v) is 8.74. The van der Waals surface area contributed by atoms with Crippen LogP contribution in [0.5, 0.6) is 0 Å². The third-order valence-corrected chi connectivity index (χ3v) is 2.97. The second kappa shape index (κ2) is 3.91. The fourth-order valence-corrected chi connectivity index (χ4v) is 2.13. The van der Waals surface area contributed by atoms with Gasteiger partial charge in [0.05, 0.1) is 11.7 Å². The molecule has 1 aliphatic carbocycles. The average Bonchev–Trinajstić information content (AvgIpc) is 2.13. The van der Waals surface area contributed by atoms with Gasteiger partial charge >= 0.3 is 0 Å². The van der Waals surface area contributed by atoms with Gasteiger partial charge in [0.25, 0.3) is 0 Å². The summed E-state index contributed by atoms with van der Waals surface area (Å²) >= 11 is 0. The first-order chi connectivity index (χ1) is 7.11. The Kier molecular flexibility index (Phi) is 2.76. The van der Waals surface area contributed by atoms with Crippen LogP contribution in [0.15, 0.2) is 24.3 Å². The van der Waals surface area contributed by atoms with Crippen molar-refractivity contribution in [2.24, 2.45) is 0 Å². The summed E-state index contributed by atoms with van der Waals surface area (Å²) in [5.41, 5.74) is 0.140. The van der Waals surface area contributed by atoms with E-state index in [4.69, 9.17) is 4.74 Å². The van der Waals surface area contributed by atoms with E-state index in [-0.39, 0.29) is 11.9 Å². The van der Waals surface area contributed by atoms with Crippen molar-refractivity contribution in [3.8, 4) is 0 Å². The molecule has 0 atom stereocenters. The number of rotatable bonds is 3. The van der Waals surface area contributed by atoms with Crippen molar-refractivity contribution in [3.63, 3.8) is 0 Å². The standard InChI is InChI=1S/C12H15FO2/c1-15-11-7-12(14,8-11)6-9-3-2-4-10(13)5-9/h2-5,11,14H,6-8H2,1H3. The molecule has 0 radical (unpaired) electrons. The molecule has 0 heterocycles. The van der Waals surface area contributed by atoms with E-state index in [1.165, 1.54) is 12.1 Å². The van der Waals surface area contributed by atoms with Crippen LogP contribution in [0.25, 0.3) is 0 Å². The highest BCUT2D eigenvalue weighted by Crippen LogP contribution is 2.36. The van der Waals surface area contributed by atoms with Gasteiger partial charge in [0.15, 0.2) is 0 Å². The molecule has 0 amide bonds. The van der Waals surface area contributed by atoms with Crippen LogP contribution in [-0.4, -0.2) is 23.9 Å². The maximum Gasteiger partial charge on any atom is 0.123 e. The normalized spacial score (nSPS) is 29.9. The average molecular weight is 210 g/mol. The van der Waals surface area contributed by atoms with Crippen LogP contribution >= 0.6 is 0 Å². The molecule has 15 heavy (non-hydrogen) atoms. The van der Waals surface area contributed by atoms with E-state index in [1.54, 1.807) is 13.2 Å². The molecule has 1 N–H and O–H groups in total. The summed E-state index contributed by atoms with van der Waals surface area (Å²) in [5, 5.41) is 10.1. The minimum atomic E-state index is -0.700. The van der Waals surface area contributed by atoms with Gasteiger partial charge in [0.2, 0.25) is 0 Å². The van der Waals surface area contributed by atoms with Crippen LogP contribution in [0, 0.1) is 5.82 Å². The second-order valence-corrected chi connectivity index (χ2v) is 4.30. The lowest BCUT2D eigenvalue weighted by atomic mass is 9.74. The molecule has 3 heteroatoms. The molecule has 0 unspecified atom stereocenters. The molecule has 2 nitrogen and oxygen atoms in total. The van der Waals surface area contributed by atoms with Gasteiger partial charge < -0.3 is 9.84 Å². The van der Waals surface area contributed by atoms with Crippen molar-refractivity contribution in [1.82, 2.24) is 0 Å². The largest absolute Gasteiger partial charge is 0.389 e. The second-order valence-electron chi connectivity index (χ2n) is 4.30. The highest BCUT2D eigenvalue weighted by molar-refractivity contribution is 5.19. The van der Waals surface area contributed by atoms with E-state index >= 15 is 0 Å². The molecule has 0 spiro atoms. The van der Waals surface area contributed by atoms with Crippen LogP contribution in [0.4, 0.5) is 4.39 Å². The summed E-state index contributed by atoms with van der Waals surface area (Å²) in [4.78, 5) is 0. The first-order valence-corrected chi connectivity index (χ1v) is 5.11. The minimum absolute atomic E-state index is 0.156. The number of hydrogen-bond donors (Lipinski definition) is 1. The number of hydrogen-bond acceptors (Lipinski definition) is 2. The number of methoxy groups -OCH3 is 1. The third-order valence-electron chi connectivity index (χ3n) is 2.97. The Morgan fingerprint density at radius 3 is 2.87 bits per heavy atom. The van der Waals surface area contributed by atoms with Gasteiger partial charge in [-0.1, -0.05) is 12.1 Å².